The van der Waals surface area contributed by atoms with Crippen molar-refractivity contribution in [3.8, 4) is 0 Å². The lowest BCUT2D eigenvalue weighted by Crippen LogP contribution is -2.57. The summed E-state index contributed by atoms with van der Waals surface area (Å²) in [4.78, 5) is 54.5. The Balaban J connectivity index is 2.27. The van der Waals surface area contributed by atoms with Crippen LogP contribution < -0.4 is 21.7 Å². The number of aromatic nitrogens is 1. The topological polar surface area (TPSA) is 166 Å². The Bertz CT molecular complexity index is 1110. The maximum Gasteiger partial charge on any atom is 0.326 e. The summed E-state index contributed by atoms with van der Waals surface area (Å²) in [5.74, 6) is -1.36. The SMILES string of the molecule is CSCCC(NC(=O)C(CCSC)NC(=O)C(Cc1c[nH]c2ccccc12)NC(=O)C(N)CC(C)C)C(=O)O. The standard InChI is InChI=1S/C27H41N5O5S2/c1-16(2)13-19(28)24(33)32-23(14-17-15-29-20-8-6-5-7-18(17)20)26(35)30-21(9-11-38-3)25(34)31-22(27(36)37)10-12-39-4/h5-8,15-16,19,21-23,29H,9-14,28H2,1-4H3,(H,30,35)(H,31,34)(H,32,33)(H,36,37). The van der Waals surface area contributed by atoms with Crippen LogP contribution in [0.15, 0.2) is 30.5 Å². The van der Waals surface area contributed by atoms with Gasteiger partial charge in [-0.25, -0.2) is 4.79 Å². The molecule has 3 amide bonds. The summed E-state index contributed by atoms with van der Waals surface area (Å²) in [6, 6.07) is 3.84. The van der Waals surface area contributed by atoms with E-state index in [-0.39, 0.29) is 18.8 Å². The van der Waals surface area contributed by atoms with Crippen molar-refractivity contribution in [2.45, 2.75) is 63.7 Å². The van der Waals surface area contributed by atoms with E-state index in [9.17, 15) is 24.3 Å². The number of nitrogens with one attached hydrogen (secondary N) is 4. The number of hydrogen-bond acceptors (Lipinski definition) is 7. The third-order valence-corrected chi connectivity index (χ3v) is 7.55. The number of para-hydroxylation sites is 1. The van der Waals surface area contributed by atoms with E-state index in [0.29, 0.717) is 24.3 Å². The molecule has 1 aromatic carbocycles. The van der Waals surface area contributed by atoms with Crippen LogP contribution in [0.25, 0.3) is 10.9 Å². The van der Waals surface area contributed by atoms with E-state index < -0.39 is 47.9 Å². The fourth-order valence-corrected chi connectivity index (χ4v) is 5.11. The van der Waals surface area contributed by atoms with Gasteiger partial charge in [-0.2, -0.15) is 23.5 Å². The van der Waals surface area contributed by atoms with Crippen LogP contribution in [-0.2, 0) is 25.6 Å². The van der Waals surface area contributed by atoms with Crippen LogP contribution in [0.1, 0.15) is 38.7 Å². The highest BCUT2D eigenvalue weighted by atomic mass is 32.2. The van der Waals surface area contributed by atoms with Crippen LogP contribution in [0.5, 0.6) is 0 Å². The first-order chi connectivity index (χ1) is 18.6. The molecule has 0 aliphatic carbocycles. The maximum absolute atomic E-state index is 13.6. The van der Waals surface area contributed by atoms with Crippen molar-refractivity contribution >= 4 is 58.1 Å². The number of nitrogens with two attached hydrogens (primary N) is 1. The number of amides is 3. The van der Waals surface area contributed by atoms with E-state index in [4.69, 9.17) is 5.73 Å². The summed E-state index contributed by atoms with van der Waals surface area (Å²) in [6.45, 7) is 3.92. The zero-order valence-corrected chi connectivity index (χ0v) is 24.6. The maximum atomic E-state index is 13.6. The summed E-state index contributed by atoms with van der Waals surface area (Å²) < 4.78 is 0. The Morgan fingerprint density at radius 2 is 1.46 bits per heavy atom. The minimum Gasteiger partial charge on any atom is -0.480 e. The minimum atomic E-state index is -1.13. The number of rotatable bonds is 17. The monoisotopic (exact) mass is 579 g/mol. The van der Waals surface area contributed by atoms with Gasteiger partial charge in [-0.1, -0.05) is 32.0 Å². The number of carboxylic acids is 1. The largest absolute Gasteiger partial charge is 0.480 e. The average molecular weight is 580 g/mol. The molecule has 0 aliphatic heterocycles. The van der Waals surface area contributed by atoms with Crippen molar-refractivity contribution in [3.63, 3.8) is 0 Å². The lowest BCUT2D eigenvalue weighted by molar-refractivity contribution is -0.142. The van der Waals surface area contributed by atoms with Gasteiger partial charge in [0.25, 0.3) is 0 Å². The van der Waals surface area contributed by atoms with Crippen molar-refractivity contribution in [1.29, 1.82) is 0 Å². The summed E-state index contributed by atoms with van der Waals surface area (Å²) in [5, 5.41) is 18.6. The van der Waals surface area contributed by atoms with Crippen molar-refractivity contribution in [1.82, 2.24) is 20.9 Å². The molecule has 2 rings (SSSR count). The number of carboxylic acid groups (broad SMARTS) is 1. The molecule has 0 saturated heterocycles. The number of aliphatic carboxylic acids is 1. The average Bonchev–Trinajstić information content (AvgIpc) is 3.30. The number of aromatic amines is 1. The van der Waals surface area contributed by atoms with Crippen LogP contribution in [0.2, 0.25) is 0 Å². The molecule has 4 atom stereocenters. The molecule has 7 N–H and O–H groups in total. The first kappa shape index (κ1) is 32.5. The van der Waals surface area contributed by atoms with Crippen molar-refractivity contribution in [2.75, 3.05) is 24.0 Å². The van der Waals surface area contributed by atoms with Crippen LogP contribution >= 0.6 is 23.5 Å². The smallest absolute Gasteiger partial charge is 0.326 e. The predicted molar refractivity (Wildman–Crippen MR) is 159 cm³/mol. The first-order valence-corrected chi connectivity index (χ1v) is 15.8. The fourth-order valence-electron chi connectivity index (χ4n) is 4.17. The quantitative estimate of drug-likeness (QED) is 0.166. The van der Waals surface area contributed by atoms with Crippen LogP contribution in [-0.4, -0.2) is 82.0 Å². The number of fused-ring (bicyclic) bond motifs is 1. The summed E-state index contributed by atoms with van der Waals surface area (Å²) in [7, 11) is 0. The molecule has 0 saturated carbocycles. The molecule has 0 aliphatic rings. The Hall–Kier alpha value is -2.70. The van der Waals surface area contributed by atoms with E-state index in [1.54, 1.807) is 6.20 Å². The summed E-state index contributed by atoms with van der Waals surface area (Å²) in [6.07, 6.45) is 6.73. The van der Waals surface area contributed by atoms with Crippen LogP contribution in [0.3, 0.4) is 0 Å². The van der Waals surface area contributed by atoms with Crippen LogP contribution in [0.4, 0.5) is 0 Å². The zero-order valence-electron chi connectivity index (χ0n) is 23.0. The third-order valence-electron chi connectivity index (χ3n) is 6.26. The van der Waals surface area contributed by atoms with Gasteiger partial charge in [0.1, 0.15) is 18.1 Å². The highest BCUT2D eigenvalue weighted by Gasteiger charge is 2.30. The van der Waals surface area contributed by atoms with Gasteiger partial charge >= 0.3 is 5.97 Å². The molecule has 39 heavy (non-hydrogen) atoms. The van der Waals surface area contributed by atoms with Gasteiger partial charge in [0.15, 0.2) is 0 Å². The Kier molecular flexibility index (Phi) is 13.7. The van der Waals surface area contributed by atoms with Gasteiger partial charge in [0.05, 0.1) is 6.04 Å². The Morgan fingerprint density at radius 1 is 0.897 bits per heavy atom. The van der Waals surface area contributed by atoms with Gasteiger partial charge in [-0.15, -0.1) is 0 Å². The lowest BCUT2D eigenvalue weighted by atomic mass is 10.0. The lowest BCUT2D eigenvalue weighted by Gasteiger charge is -2.25. The fraction of sp³-hybridized carbons (Fsp3) is 0.556. The Morgan fingerprint density at radius 3 is 2.08 bits per heavy atom. The Labute approximate surface area is 238 Å². The van der Waals surface area contributed by atoms with Crippen LogP contribution in [0, 0.1) is 5.92 Å². The minimum absolute atomic E-state index is 0.179. The molecule has 0 bridgehead atoms. The molecule has 0 spiro atoms. The molecular formula is C27H41N5O5S2. The van der Waals surface area contributed by atoms with Gasteiger partial charge in [0, 0.05) is 23.5 Å². The highest BCUT2D eigenvalue weighted by molar-refractivity contribution is 7.98. The van der Waals surface area contributed by atoms with Crippen molar-refractivity contribution in [2.24, 2.45) is 11.7 Å². The molecule has 10 nitrogen and oxygen atoms in total. The summed E-state index contributed by atoms with van der Waals surface area (Å²) >= 11 is 2.99. The molecule has 0 radical (unpaired) electrons. The molecular weight excluding hydrogens is 538 g/mol. The molecule has 12 heteroatoms. The van der Waals surface area contributed by atoms with E-state index in [2.05, 4.69) is 20.9 Å². The molecule has 0 fully saturated rings. The predicted octanol–water partition coefficient (Wildman–Crippen LogP) is 2.13. The number of carbonyl (C=O) groups is 4. The van der Waals surface area contributed by atoms with E-state index in [1.165, 1.54) is 23.5 Å². The number of thioether (sulfide) groups is 2. The number of carbonyl (C=O) groups excluding carboxylic acids is 3. The van der Waals surface area contributed by atoms with Gasteiger partial charge in [-0.3, -0.25) is 14.4 Å². The second kappa shape index (κ2) is 16.4. The number of H-pyrrole nitrogens is 1. The molecule has 1 heterocycles. The number of benzene rings is 1. The van der Waals surface area contributed by atoms with Crippen molar-refractivity contribution < 1.29 is 24.3 Å². The van der Waals surface area contributed by atoms with Gasteiger partial charge < -0.3 is 31.8 Å². The zero-order chi connectivity index (χ0) is 28.9. The van der Waals surface area contributed by atoms with E-state index in [1.807, 2.05) is 50.6 Å². The second-order valence-electron chi connectivity index (χ2n) is 9.88. The number of hydrogen-bond donors (Lipinski definition) is 6. The molecule has 216 valence electrons. The van der Waals surface area contributed by atoms with E-state index in [0.717, 1.165) is 16.5 Å². The molecule has 1 aromatic heterocycles. The first-order valence-electron chi connectivity index (χ1n) is 13.0. The normalized spacial score (nSPS) is 14.4. The second-order valence-corrected chi connectivity index (χ2v) is 11.9. The third kappa shape index (κ3) is 10.4. The van der Waals surface area contributed by atoms with Crippen molar-refractivity contribution in [3.05, 3.63) is 36.0 Å². The van der Waals surface area contributed by atoms with E-state index >= 15 is 0 Å². The molecule has 2 aromatic rings. The van der Waals surface area contributed by atoms with Gasteiger partial charge in [0.2, 0.25) is 17.7 Å². The molecule has 4 unspecified atom stereocenters. The summed E-state index contributed by atoms with van der Waals surface area (Å²) in [5.41, 5.74) is 7.82. The highest BCUT2D eigenvalue weighted by Crippen LogP contribution is 2.19. The van der Waals surface area contributed by atoms with Gasteiger partial charge in [-0.05, 0) is 60.8 Å².